The summed E-state index contributed by atoms with van der Waals surface area (Å²) in [5, 5.41) is 3.01. The normalized spacial score (nSPS) is 11.0. The number of fused-ring (bicyclic) bond motifs is 1. The summed E-state index contributed by atoms with van der Waals surface area (Å²) in [7, 11) is 1.60. The Morgan fingerprint density at radius 1 is 0.972 bits per heavy atom. The molecule has 4 rings (SSSR count). The standard InChI is InChI=1S/C30H35N3O3/c1-22-15-16-28(23(2)20-22)36-19-7-6-18-33-27-13-5-4-12-26(27)32-29(33)14-9-17-31-30(34)24-10-8-11-25(21-24)35-3/h4-5,8,10-13,15-16,20-21H,6-7,9,14,17-19H2,1-3H3,(H,31,34). The lowest BCUT2D eigenvalue weighted by molar-refractivity contribution is 0.0952. The second-order valence-electron chi connectivity index (χ2n) is 9.08. The van der Waals surface area contributed by atoms with Crippen LogP contribution >= 0.6 is 0 Å². The Kier molecular flexibility index (Phi) is 8.61. The van der Waals surface area contributed by atoms with Crippen LogP contribution in [0.3, 0.4) is 0 Å². The fourth-order valence-electron chi connectivity index (χ4n) is 4.40. The van der Waals surface area contributed by atoms with E-state index >= 15 is 0 Å². The van der Waals surface area contributed by atoms with E-state index in [9.17, 15) is 4.79 Å². The molecule has 6 heteroatoms. The molecule has 6 nitrogen and oxygen atoms in total. The van der Waals surface area contributed by atoms with Crippen molar-refractivity contribution in [1.29, 1.82) is 0 Å². The molecule has 0 saturated carbocycles. The molecule has 0 fully saturated rings. The largest absolute Gasteiger partial charge is 0.497 e. The molecule has 0 spiro atoms. The zero-order valence-electron chi connectivity index (χ0n) is 21.4. The maximum absolute atomic E-state index is 12.5. The molecule has 1 N–H and O–H groups in total. The summed E-state index contributed by atoms with van der Waals surface area (Å²) in [6, 6.07) is 21.8. The highest BCUT2D eigenvalue weighted by atomic mass is 16.5. The number of hydrogen-bond acceptors (Lipinski definition) is 4. The number of aryl methyl sites for hydroxylation is 4. The average molecular weight is 486 g/mol. The molecule has 0 unspecified atom stereocenters. The van der Waals surface area contributed by atoms with Crippen molar-refractivity contribution in [2.45, 2.75) is 46.1 Å². The van der Waals surface area contributed by atoms with E-state index in [1.54, 1.807) is 19.2 Å². The van der Waals surface area contributed by atoms with E-state index in [-0.39, 0.29) is 5.91 Å². The molecule has 1 amide bonds. The summed E-state index contributed by atoms with van der Waals surface area (Å²) in [6.07, 6.45) is 3.58. The Balaban J connectivity index is 1.29. The van der Waals surface area contributed by atoms with Gasteiger partial charge in [0.25, 0.3) is 5.91 Å². The fourth-order valence-corrected chi connectivity index (χ4v) is 4.40. The maximum Gasteiger partial charge on any atom is 0.251 e. The van der Waals surface area contributed by atoms with Crippen LogP contribution in [-0.2, 0) is 13.0 Å². The van der Waals surface area contributed by atoms with Crippen molar-refractivity contribution < 1.29 is 14.3 Å². The highest BCUT2D eigenvalue weighted by Crippen LogP contribution is 2.20. The highest BCUT2D eigenvalue weighted by Gasteiger charge is 2.11. The molecular weight excluding hydrogens is 450 g/mol. The first-order chi connectivity index (χ1) is 17.5. The number of carbonyl (C=O) groups excluding carboxylic acids is 1. The van der Waals surface area contributed by atoms with Gasteiger partial charge in [0, 0.05) is 25.1 Å². The van der Waals surface area contributed by atoms with E-state index in [0.29, 0.717) is 24.5 Å². The monoisotopic (exact) mass is 485 g/mol. The number of unbranched alkanes of at least 4 members (excludes halogenated alkanes) is 1. The van der Waals surface area contributed by atoms with Crippen LogP contribution < -0.4 is 14.8 Å². The van der Waals surface area contributed by atoms with Crippen LogP contribution in [0.15, 0.2) is 66.7 Å². The van der Waals surface area contributed by atoms with Crippen molar-refractivity contribution >= 4 is 16.9 Å². The molecule has 1 heterocycles. The number of hydrogen-bond donors (Lipinski definition) is 1. The molecule has 0 aliphatic rings. The zero-order chi connectivity index (χ0) is 25.3. The first-order valence-electron chi connectivity index (χ1n) is 12.6. The minimum atomic E-state index is -0.0915. The Labute approximate surface area is 213 Å². The van der Waals surface area contributed by atoms with Gasteiger partial charge in [-0.2, -0.15) is 0 Å². The average Bonchev–Trinajstić information content (AvgIpc) is 3.24. The Bertz CT molecular complexity index is 1310. The predicted molar refractivity (Wildman–Crippen MR) is 144 cm³/mol. The summed E-state index contributed by atoms with van der Waals surface area (Å²) in [5.74, 6) is 2.61. The maximum atomic E-state index is 12.5. The number of para-hydroxylation sites is 2. The first kappa shape index (κ1) is 25.3. The number of aromatic nitrogens is 2. The van der Waals surface area contributed by atoms with Gasteiger partial charge < -0.3 is 19.4 Å². The van der Waals surface area contributed by atoms with Crippen LogP contribution in [0.25, 0.3) is 11.0 Å². The van der Waals surface area contributed by atoms with Gasteiger partial charge >= 0.3 is 0 Å². The molecule has 0 atom stereocenters. The number of ether oxygens (including phenoxy) is 2. The Hall–Kier alpha value is -3.80. The van der Waals surface area contributed by atoms with Crippen molar-refractivity contribution in [3.05, 3.63) is 89.2 Å². The van der Waals surface area contributed by atoms with E-state index in [2.05, 4.69) is 60.1 Å². The lowest BCUT2D eigenvalue weighted by atomic mass is 10.1. The summed E-state index contributed by atoms with van der Waals surface area (Å²) in [6.45, 7) is 6.36. The number of amides is 1. The highest BCUT2D eigenvalue weighted by molar-refractivity contribution is 5.94. The van der Waals surface area contributed by atoms with Crippen molar-refractivity contribution in [2.75, 3.05) is 20.3 Å². The quantitative estimate of drug-likeness (QED) is 0.254. The molecule has 0 radical (unpaired) electrons. The van der Waals surface area contributed by atoms with Crippen LogP contribution in [0.4, 0.5) is 0 Å². The smallest absolute Gasteiger partial charge is 0.251 e. The molecule has 0 aliphatic carbocycles. The van der Waals surface area contributed by atoms with Gasteiger partial charge in [0.1, 0.15) is 17.3 Å². The van der Waals surface area contributed by atoms with Gasteiger partial charge in [0.05, 0.1) is 24.8 Å². The van der Waals surface area contributed by atoms with Crippen LogP contribution in [0, 0.1) is 13.8 Å². The Morgan fingerprint density at radius 3 is 2.67 bits per heavy atom. The molecular formula is C30H35N3O3. The number of benzene rings is 3. The minimum absolute atomic E-state index is 0.0915. The molecule has 1 aromatic heterocycles. The predicted octanol–water partition coefficient (Wildman–Crippen LogP) is 5.88. The molecule has 0 aliphatic heterocycles. The fraction of sp³-hybridized carbons (Fsp3) is 0.333. The topological polar surface area (TPSA) is 65.4 Å². The molecule has 3 aromatic carbocycles. The van der Waals surface area contributed by atoms with Crippen LogP contribution in [0.1, 0.15) is 46.6 Å². The van der Waals surface area contributed by atoms with Gasteiger partial charge in [-0.05, 0) is 75.1 Å². The molecule has 4 aromatic rings. The SMILES string of the molecule is COc1cccc(C(=O)NCCCc2nc3ccccc3n2CCCCOc2ccc(C)cc2C)c1. The number of methoxy groups -OCH3 is 1. The summed E-state index contributed by atoms with van der Waals surface area (Å²) >= 11 is 0. The number of imidazole rings is 1. The summed E-state index contributed by atoms with van der Waals surface area (Å²) in [5.41, 5.74) is 5.20. The molecule has 0 bridgehead atoms. The third-order valence-electron chi connectivity index (χ3n) is 6.29. The summed E-state index contributed by atoms with van der Waals surface area (Å²) in [4.78, 5) is 17.4. The van der Waals surface area contributed by atoms with Gasteiger partial charge in [0.15, 0.2) is 0 Å². The van der Waals surface area contributed by atoms with Gasteiger partial charge in [-0.25, -0.2) is 4.98 Å². The minimum Gasteiger partial charge on any atom is -0.497 e. The van der Waals surface area contributed by atoms with Crippen LogP contribution in [0.5, 0.6) is 11.5 Å². The molecule has 0 saturated heterocycles. The Morgan fingerprint density at radius 2 is 1.83 bits per heavy atom. The van der Waals surface area contributed by atoms with Gasteiger partial charge in [-0.3, -0.25) is 4.79 Å². The second kappa shape index (κ2) is 12.2. The molecule has 36 heavy (non-hydrogen) atoms. The molecule has 188 valence electrons. The lowest BCUT2D eigenvalue weighted by Crippen LogP contribution is -2.25. The van der Waals surface area contributed by atoms with Crippen molar-refractivity contribution in [1.82, 2.24) is 14.9 Å². The lowest BCUT2D eigenvalue weighted by Gasteiger charge is -2.12. The van der Waals surface area contributed by atoms with Crippen LogP contribution in [-0.4, -0.2) is 35.7 Å². The second-order valence-corrected chi connectivity index (χ2v) is 9.08. The van der Waals surface area contributed by atoms with Crippen molar-refractivity contribution in [3.63, 3.8) is 0 Å². The third kappa shape index (κ3) is 6.45. The van der Waals surface area contributed by atoms with Gasteiger partial charge in [0.2, 0.25) is 0 Å². The summed E-state index contributed by atoms with van der Waals surface area (Å²) < 4.78 is 13.5. The number of rotatable bonds is 12. The zero-order valence-corrected chi connectivity index (χ0v) is 21.4. The van der Waals surface area contributed by atoms with Gasteiger partial charge in [-0.1, -0.05) is 35.9 Å². The van der Waals surface area contributed by atoms with E-state index in [0.717, 1.165) is 54.8 Å². The van der Waals surface area contributed by atoms with Crippen molar-refractivity contribution in [3.8, 4) is 11.5 Å². The number of nitrogens with one attached hydrogen (secondary N) is 1. The van der Waals surface area contributed by atoms with Crippen molar-refractivity contribution in [2.24, 2.45) is 0 Å². The van der Waals surface area contributed by atoms with Crippen LogP contribution in [0.2, 0.25) is 0 Å². The number of nitrogens with zero attached hydrogens (tertiary/aromatic N) is 2. The van der Waals surface area contributed by atoms with E-state index in [1.165, 1.54) is 11.1 Å². The van der Waals surface area contributed by atoms with E-state index < -0.39 is 0 Å². The third-order valence-corrected chi connectivity index (χ3v) is 6.29. The van der Waals surface area contributed by atoms with E-state index in [4.69, 9.17) is 14.5 Å². The van der Waals surface area contributed by atoms with Gasteiger partial charge in [-0.15, -0.1) is 0 Å². The first-order valence-corrected chi connectivity index (χ1v) is 12.6. The van der Waals surface area contributed by atoms with E-state index in [1.807, 2.05) is 18.2 Å². The number of carbonyl (C=O) groups is 1.